The molecule has 2 aromatic rings. The third kappa shape index (κ3) is 7.39. The van der Waals surface area contributed by atoms with Crippen LogP contribution in [0, 0.1) is 0 Å². The Morgan fingerprint density at radius 2 is 1.77 bits per heavy atom. The van der Waals surface area contributed by atoms with E-state index in [4.69, 9.17) is 14.2 Å². The van der Waals surface area contributed by atoms with E-state index in [1.165, 1.54) is 5.57 Å². The molecule has 0 aliphatic rings. The number of hydrogen-bond donors (Lipinski definition) is 1. The van der Waals surface area contributed by atoms with Crippen molar-refractivity contribution < 1.29 is 19.3 Å². The highest BCUT2D eigenvalue weighted by molar-refractivity contribution is 7.10. The van der Waals surface area contributed by atoms with Gasteiger partial charge < -0.3 is 19.3 Å². The number of aliphatic hydroxyl groups excluding tert-OH is 1. The quantitative estimate of drug-likeness (QED) is 0.306. The Labute approximate surface area is 184 Å². The van der Waals surface area contributed by atoms with Crippen molar-refractivity contribution in [1.29, 1.82) is 0 Å². The number of unbranched alkanes of at least 4 members (excludes halogenated alkanes) is 1. The summed E-state index contributed by atoms with van der Waals surface area (Å²) in [6.07, 6.45) is 13.8. The molecule has 0 bridgehead atoms. The second-order valence-electron chi connectivity index (χ2n) is 6.95. The Kier molecular flexibility index (Phi) is 10.3. The number of benzene rings is 1. The third-order valence-electron chi connectivity index (χ3n) is 4.70. The van der Waals surface area contributed by atoms with E-state index in [1.54, 1.807) is 32.7 Å². The Hall–Kier alpha value is -2.50. The number of hydrogen-bond acceptors (Lipinski definition) is 5. The minimum atomic E-state index is -0.363. The van der Waals surface area contributed by atoms with Crippen LogP contribution in [0.2, 0.25) is 0 Å². The van der Waals surface area contributed by atoms with Crippen molar-refractivity contribution in [1.82, 2.24) is 0 Å². The molecule has 2 rings (SSSR count). The van der Waals surface area contributed by atoms with Crippen LogP contribution in [0.15, 0.2) is 59.5 Å². The van der Waals surface area contributed by atoms with Crippen molar-refractivity contribution in [2.75, 3.05) is 21.3 Å². The number of aliphatic hydroxyl groups is 1. The standard InChI is InChI=1S/C25H32O4S/c1-19(14-15-21(26)24-13-10-16-30-24)11-8-6-5-7-9-12-20-17-22(27-2)25(29-4)23(18-20)28-3/h6,8-13,16-18,21,26H,5,7,14-15H2,1-4H3/b8-6?,12-9-,19-11?. The maximum absolute atomic E-state index is 10.2. The first-order valence-corrected chi connectivity index (χ1v) is 11.0. The smallest absolute Gasteiger partial charge is 0.203 e. The lowest BCUT2D eigenvalue weighted by atomic mass is 10.1. The van der Waals surface area contributed by atoms with Crippen LogP contribution in [0.4, 0.5) is 0 Å². The van der Waals surface area contributed by atoms with Crippen LogP contribution in [0.3, 0.4) is 0 Å². The van der Waals surface area contributed by atoms with Gasteiger partial charge in [0.15, 0.2) is 11.5 Å². The van der Waals surface area contributed by atoms with Crippen molar-refractivity contribution in [3.05, 3.63) is 70.0 Å². The molecule has 1 aromatic carbocycles. The average molecular weight is 429 g/mol. The molecule has 0 saturated carbocycles. The largest absolute Gasteiger partial charge is 0.493 e. The molecule has 4 nitrogen and oxygen atoms in total. The topological polar surface area (TPSA) is 47.9 Å². The lowest BCUT2D eigenvalue weighted by molar-refractivity contribution is 0.171. The Morgan fingerprint density at radius 3 is 2.37 bits per heavy atom. The van der Waals surface area contributed by atoms with E-state index < -0.39 is 0 Å². The maximum Gasteiger partial charge on any atom is 0.203 e. The van der Waals surface area contributed by atoms with Crippen LogP contribution in [0.1, 0.15) is 49.2 Å². The molecule has 0 fully saturated rings. The van der Waals surface area contributed by atoms with Gasteiger partial charge in [0.1, 0.15) is 0 Å². The van der Waals surface area contributed by atoms with E-state index in [9.17, 15) is 5.11 Å². The monoisotopic (exact) mass is 428 g/mol. The zero-order chi connectivity index (χ0) is 21.8. The van der Waals surface area contributed by atoms with Gasteiger partial charge in [0.2, 0.25) is 5.75 Å². The SMILES string of the molecule is COc1cc(/C=C\CCC=CC=C(C)CCC(O)c2cccs2)cc(OC)c1OC. The summed E-state index contributed by atoms with van der Waals surface area (Å²) in [6, 6.07) is 7.83. The first-order chi connectivity index (χ1) is 14.6. The summed E-state index contributed by atoms with van der Waals surface area (Å²) >= 11 is 1.61. The van der Waals surface area contributed by atoms with Crippen LogP contribution in [-0.4, -0.2) is 26.4 Å². The molecule has 1 aromatic heterocycles. The molecule has 30 heavy (non-hydrogen) atoms. The minimum absolute atomic E-state index is 0.363. The first kappa shape index (κ1) is 23.8. The van der Waals surface area contributed by atoms with Crippen LogP contribution < -0.4 is 14.2 Å². The molecule has 0 aliphatic carbocycles. The van der Waals surface area contributed by atoms with Crippen molar-refractivity contribution in [2.24, 2.45) is 0 Å². The van der Waals surface area contributed by atoms with Gasteiger partial charge in [-0.15, -0.1) is 11.3 Å². The zero-order valence-corrected chi connectivity index (χ0v) is 19.1. The summed E-state index contributed by atoms with van der Waals surface area (Å²) in [6.45, 7) is 2.11. The maximum atomic E-state index is 10.2. The van der Waals surface area contributed by atoms with Gasteiger partial charge in [-0.2, -0.15) is 0 Å². The minimum Gasteiger partial charge on any atom is -0.493 e. The van der Waals surface area contributed by atoms with Gasteiger partial charge in [-0.25, -0.2) is 0 Å². The summed E-state index contributed by atoms with van der Waals surface area (Å²) in [5.74, 6) is 1.91. The third-order valence-corrected chi connectivity index (χ3v) is 5.67. The van der Waals surface area contributed by atoms with Crippen molar-refractivity contribution >= 4 is 17.4 Å². The molecule has 0 amide bonds. The molecular weight excluding hydrogens is 396 g/mol. The normalized spacial score (nSPS) is 13.2. The molecule has 162 valence electrons. The highest BCUT2D eigenvalue weighted by atomic mass is 32.1. The summed E-state index contributed by atoms with van der Waals surface area (Å²) in [5.41, 5.74) is 2.28. The van der Waals surface area contributed by atoms with Crippen LogP contribution in [0.25, 0.3) is 6.08 Å². The van der Waals surface area contributed by atoms with E-state index in [-0.39, 0.29) is 6.10 Å². The first-order valence-electron chi connectivity index (χ1n) is 10.1. The van der Waals surface area contributed by atoms with Crippen molar-refractivity contribution in [3.63, 3.8) is 0 Å². The second kappa shape index (κ2) is 12.9. The summed E-state index contributed by atoms with van der Waals surface area (Å²) < 4.78 is 16.1. The Bertz CT molecular complexity index is 825. The molecule has 1 heterocycles. The van der Waals surface area contributed by atoms with Gasteiger partial charge >= 0.3 is 0 Å². The highest BCUT2D eigenvalue weighted by Crippen LogP contribution is 2.38. The summed E-state index contributed by atoms with van der Waals surface area (Å²) in [5, 5.41) is 12.2. The van der Waals surface area contributed by atoms with Crippen LogP contribution in [-0.2, 0) is 0 Å². The molecule has 1 atom stereocenters. The van der Waals surface area contributed by atoms with Gasteiger partial charge in [-0.3, -0.25) is 0 Å². The summed E-state index contributed by atoms with van der Waals surface area (Å²) in [4.78, 5) is 1.04. The fourth-order valence-electron chi connectivity index (χ4n) is 3.01. The number of thiophene rings is 1. The second-order valence-corrected chi connectivity index (χ2v) is 7.93. The van der Waals surface area contributed by atoms with Crippen LogP contribution in [0.5, 0.6) is 17.2 Å². The van der Waals surface area contributed by atoms with Gasteiger partial charge in [0, 0.05) is 4.88 Å². The lowest BCUT2D eigenvalue weighted by Gasteiger charge is -2.12. The molecule has 0 radical (unpaired) electrons. The predicted molar refractivity (Wildman–Crippen MR) is 126 cm³/mol. The van der Waals surface area contributed by atoms with Gasteiger partial charge in [-0.1, -0.05) is 42.0 Å². The molecular formula is C25H32O4S. The lowest BCUT2D eigenvalue weighted by Crippen LogP contribution is -1.95. The summed E-state index contributed by atoms with van der Waals surface area (Å²) in [7, 11) is 4.84. The van der Waals surface area contributed by atoms with E-state index in [1.807, 2.05) is 29.6 Å². The van der Waals surface area contributed by atoms with Gasteiger partial charge in [0.25, 0.3) is 0 Å². The average Bonchev–Trinajstić information content (AvgIpc) is 3.31. The van der Waals surface area contributed by atoms with E-state index >= 15 is 0 Å². The van der Waals surface area contributed by atoms with E-state index in [0.29, 0.717) is 17.2 Å². The number of methoxy groups -OCH3 is 3. The van der Waals surface area contributed by atoms with Gasteiger partial charge in [-0.05, 0) is 61.7 Å². The Morgan fingerprint density at radius 1 is 1.07 bits per heavy atom. The highest BCUT2D eigenvalue weighted by Gasteiger charge is 2.11. The molecule has 0 spiro atoms. The van der Waals surface area contributed by atoms with Crippen molar-refractivity contribution in [3.8, 4) is 17.2 Å². The van der Waals surface area contributed by atoms with Crippen molar-refractivity contribution in [2.45, 2.75) is 38.7 Å². The van der Waals surface area contributed by atoms with Crippen LogP contribution >= 0.6 is 11.3 Å². The molecule has 1 unspecified atom stereocenters. The zero-order valence-electron chi connectivity index (χ0n) is 18.3. The predicted octanol–water partition coefficient (Wildman–Crippen LogP) is 6.58. The van der Waals surface area contributed by atoms with E-state index in [0.717, 1.165) is 36.1 Å². The molecule has 0 saturated heterocycles. The Balaban J connectivity index is 1.78. The fraction of sp³-hybridized carbons (Fsp3) is 0.360. The fourth-order valence-corrected chi connectivity index (χ4v) is 3.76. The number of rotatable bonds is 12. The van der Waals surface area contributed by atoms with E-state index in [2.05, 4.69) is 37.3 Å². The number of ether oxygens (including phenoxy) is 3. The molecule has 1 N–H and O–H groups in total. The molecule has 0 aliphatic heterocycles. The number of allylic oxidation sites excluding steroid dienone is 5. The molecule has 5 heteroatoms. The van der Waals surface area contributed by atoms with Gasteiger partial charge in [0.05, 0.1) is 27.4 Å².